The molecule has 1 aromatic heterocycles. The minimum atomic E-state index is 0.247. The van der Waals surface area contributed by atoms with E-state index in [0.717, 1.165) is 18.0 Å². The summed E-state index contributed by atoms with van der Waals surface area (Å²) in [6, 6.07) is 0.614. The molecule has 20 heavy (non-hydrogen) atoms. The number of nitrogens with two attached hydrogens (primary N) is 1. The summed E-state index contributed by atoms with van der Waals surface area (Å²) in [5, 5.41) is 4.76. The van der Waals surface area contributed by atoms with Crippen LogP contribution >= 0.6 is 0 Å². The van der Waals surface area contributed by atoms with Gasteiger partial charge in [0.2, 0.25) is 0 Å². The highest BCUT2D eigenvalue weighted by molar-refractivity contribution is 5.23. The fourth-order valence-corrected chi connectivity index (χ4v) is 3.52. The van der Waals surface area contributed by atoms with Crippen LogP contribution in [0.3, 0.4) is 0 Å². The Labute approximate surface area is 123 Å². The molecule has 0 spiro atoms. The van der Waals surface area contributed by atoms with Crippen molar-refractivity contribution in [3.8, 4) is 0 Å². The Morgan fingerprint density at radius 2 is 1.90 bits per heavy atom. The lowest BCUT2D eigenvalue weighted by Gasteiger charge is -2.42. The van der Waals surface area contributed by atoms with Crippen LogP contribution in [0.1, 0.15) is 69.4 Å². The average molecular weight is 277 g/mol. The van der Waals surface area contributed by atoms with Gasteiger partial charge in [0.05, 0.1) is 11.7 Å². The van der Waals surface area contributed by atoms with Gasteiger partial charge in [0.15, 0.2) is 0 Å². The Hall–Kier alpha value is -0.830. The number of rotatable bonds is 3. The number of hydrogen-bond acceptors (Lipinski definition) is 2. The summed E-state index contributed by atoms with van der Waals surface area (Å²) in [4.78, 5) is 0. The smallest absolute Gasteiger partial charge is 0.0676 e. The molecule has 2 N–H and O–H groups in total. The van der Waals surface area contributed by atoms with Gasteiger partial charge < -0.3 is 5.73 Å². The average Bonchev–Trinajstić information content (AvgIpc) is 2.67. The summed E-state index contributed by atoms with van der Waals surface area (Å²) in [7, 11) is 0. The van der Waals surface area contributed by atoms with Gasteiger partial charge >= 0.3 is 0 Å². The van der Waals surface area contributed by atoms with Gasteiger partial charge in [-0.15, -0.1) is 0 Å². The molecule has 0 aromatic carbocycles. The molecule has 1 aliphatic rings. The molecule has 2 rings (SSSR count). The number of aromatic nitrogens is 2. The SMILES string of the molecule is CCC(C)(C)C1CCC(N)C(n2nc(C)c(C)c2C)C1. The number of hydrogen-bond donors (Lipinski definition) is 1. The van der Waals surface area contributed by atoms with Crippen molar-refractivity contribution in [1.29, 1.82) is 0 Å². The van der Waals surface area contributed by atoms with Crippen molar-refractivity contribution >= 4 is 0 Å². The summed E-state index contributed by atoms with van der Waals surface area (Å²) in [5.41, 5.74) is 10.6. The van der Waals surface area contributed by atoms with Crippen molar-refractivity contribution in [2.24, 2.45) is 17.1 Å². The third kappa shape index (κ3) is 2.65. The second kappa shape index (κ2) is 5.51. The monoisotopic (exact) mass is 277 g/mol. The van der Waals surface area contributed by atoms with E-state index in [1.54, 1.807) is 0 Å². The Morgan fingerprint density at radius 3 is 2.40 bits per heavy atom. The highest BCUT2D eigenvalue weighted by Gasteiger charge is 2.37. The van der Waals surface area contributed by atoms with Crippen molar-refractivity contribution in [1.82, 2.24) is 9.78 Å². The quantitative estimate of drug-likeness (QED) is 0.910. The fourth-order valence-electron chi connectivity index (χ4n) is 3.52. The summed E-state index contributed by atoms with van der Waals surface area (Å²) >= 11 is 0. The predicted octanol–water partition coefficient (Wildman–Crippen LogP) is 3.91. The molecule has 3 unspecified atom stereocenters. The van der Waals surface area contributed by atoms with Gasteiger partial charge in [-0.3, -0.25) is 4.68 Å². The minimum Gasteiger partial charge on any atom is -0.326 e. The van der Waals surface area contributed by atoms with Gasteiger partial charge in [-0.25, -0.2) is 0 Å². The third-order valence-electron chi connectivity index (χ3n) is 5.89. The molecule has 3 heteroatoms. The number of nitrogens with zero attached hydrogens (tertiary/aromatic N) is 2. The second-order valence-corrected chi connectivity index (χ2v) is 7.32. The molecule has 0 amide bonds. The fraction of sp³-hybridized carbons (Fsp3) is 0.824. The Balaban J connectivity index is 2.27. The van der Waals surface area contributed by atoms with Gasteiger partial charge in [-0.1, -0.05) is 27.2 Å². The zero-order valence-electron chi connectivity index (χ0n) is 14.0. The van der Waals surface area contributed by atoms with Crippen LogP contribution in [-0.2, 0) is 0 Å². The van der Waals surface area contributed by atoms with Crippen LogP contribution in [0.25, 0.3) is 0 Å². The Bertz CT molecular complexity index is 473. The van der Waals surface area contributed by atoms with E-state index >= 15 is 0 Å². The lowest BCUT2D eigenvalue weighted by molar-refractivity contribution is 0.106. The lowest BCUT2D eigenvalue weighted by Crippen LogP contribution is -2.42. The standard InChI is InChI=1S/C17H31N3/c1-7-17(5,6)14-8-9-15(18)16(10-14)20-13(4)11(2)12(3)19-20/h14-16H,7-10,18H2,1-6H3. The van der Waals surface area contributed by atoms with Crippen LogP contribution in [0, 0.1) is 32.1 Å². The van der Waals surface area contributed by atoms with Crippen LogP contribution in [0.15, 0.2) is 0 Å². The van der Waals surface area contributed by atoms with Gasteiger partial charge in [0, 0.05) is 11.7 Å². The van der Waals surface area contributed by atoms with Crippen molar-refractivity contribution in [2.45, 2.75) is 79.3 Å². The van der Waals surface area contributed by atoms with E-state index in [9.17, 15) is 0 Å². The first-order valence-corrected chi connectivity index (χ1v) is 8.05. The largest absolute Gasteiger partial charge is 0.326 e. The maximum absolute atomic E-state index is 6.43. The lowest BCUT2D eigenvalue weighted by atomic mass is 9.67. The summed E-state index contributed by atoms with van der Waals surface area (Å²) in [5.74, 6) is 0.751. The van der Waals surface area contributed by atoms with E-state index in [0.29, 0.717) is 11.5 Å². The van der Waals surface area contributed by atoms with Crippen LogP contribution in [0.5, 0.6) is 0 Å². The zero-order valence-corrected chi connectivity index (χ0v) is 14.0. The van der Waals surface area contributed by atoms with E-state index in [1.165, 1.54) is 30.5 Å². The van der Waals surface area contributed by atoms with E-state index in [2.05, 4.69) is 46.2 Å². The van der Waals surface area contributed by atoms with E-state index < -0.39 is 0 Å². The van der Waals surface area contributed by atoms with Crippen molar-refractivity contribution in [3.05, 3.63) is 17.0 Å². The first kappa shape index (κ1) is 15.6. The molecule has 1 heterocycles. The van der Waals surface area contributed by atoms with Crippen molar-refractivity contribution in [2.75, 3.05) is 0 Å². The molecule has 114 valence electrons. The first-order chi connectivity index (χ1) is 9.27. The molecule has 0 saturated heterocycles. The Kier molecular flexibility index (Phi) is 4.29. The van der Waals surface area contributed by atoms with Crippen LogP contribution in [0.4, 0.5) is 0 Å². The maximum atomic E-state index is 6.43. The molecular weight excluding hydrogens is 246 g/mol. The topological polar surface area (TPSA) is 43.8 Å². The minimum absolute atomic E-state index is 0.247. The normalized spacial score (nSPS) is 27.9. The third-order valence-corrected chi connectivity index (χ3v) is 5.89. The molecule has 0 bridgehead atoms. The molecule has 1 saturated carbocycles. The summed E-state index contributed by atoms with van der Waals surface area (Å²) < 4.78 is 2.22. The molecule has 1 aliphatic carbocycles. The molecule has 1 fully saturated rings. The van der Waals surface area contributed by atoms with Crippen molar-refractivity contribution in [3.63, 3.8) is 0 Å². The van der Waals surface area contributed by atoms with Crippen LogP contribution in [-0.4, -0.2) is 15.8 Å². The molecule has 3 nitrogen and oxygen atoms in total. The van der Waals surface area contributed by atoms with Gasteiger partial charge in [-0.2, -0.15) is 5.10 Å². The molecule has 3 atom stereocenters. The van der Waals surface area contributed by atoms with E-state index in [4.69, 9.17) is 10.8 Å². The summed E-state index contributed by atoms with van der Waals surface area (Å²) in [6.45, 7) is 13.5. The molecule has 1 aromatic rings. The predicted molar refractivity (Wildman–Crippen MR) is 84.9 cm³/mol. The zero-order chi connectivity index (χ0) is 15.1. The highest BCUT2D eigenvalue weighted by atomic mass is 15.3. The van der Waals surface area contributed by atoms with Crippen LogP contribution in [0.2, 0.25) is 0 Å². The number of aryl methyl sites for hydroxylation is 1. The molecule has 0 radical (unpaired) electrons. The van der Waals surface area contributed by atoms with Gasteiger partial charge in [0.1, 0.15) is 0 Å². The highest BCUT2D eigenvalue weighted by Crippen LogP contribution is 2.43. The van der Waals surface area contributed by atoms with Gasteiger partial charge in [-0.05, 0) is 56.9 Å². The van der Waals surface area contributed by atoms with E-state index in [1.807, 2.05) is 0 Å². The molecular formula is C17H31N3. The van der Waals surface area contributed by atoms with Crippen molar-refractivity contribution < 1.29 is 0 Å². The van der Waals surface area contributed by atoms with Crippen LogP contribution < -0.4 is 5.73 Å². The Morgan fingerprint density at radius 1 is 1.25 bits per heavy atom. The molecule has 0 aliphatic heterocycles. The first-order valence-electron chi connectivity index (χ1n) is 8.05. The van der Waals surface area contributed by atoms with E-state index in [-0.39, 0.29) is 6.04 Å². The summed E-state index contributed by atoms with van der Waals surface area (Å²) in [6.07, 6.45) is 4.78. The maximum Gasteiger partial charge on any atom is 0.0676 e. The second-order valence-electron chi connectivity index (χ2n) is 7.32. The van der Waals surface area contributed by atoms with Gasteiger partial charge in [0.25, 0.3) is 0 Å².